The Morgan fingerprint density at radius 2 is 1.96 bits per heavy atom. The molecule has 0 amide bonds. The van der Waals surface area contributed by atoms with E-state index in [1.54, 1.807) is 21.1 Å². The van der Waals surface area contributed by atoms with Crippen LogP contribution >= 0.6 is 0 Å². The van der Waals surface area contributed by atoms with E-state index in [9.17, 15) is 4.79 Å². The van der Waals surface area contributed by atoms with Crippen molar-refractivity contribution in [3.05, 3.63) is 35.0 Å². The maximum atomic E-state index is 12.0. The highest BCUT2D eigenvalue weighted by atomic mass is 16.5. The predicted octanol–water partition coefficient (Wildman–Crippen LogP) is 2.06. The van der Waals surface area contributed by atoms with E-state index in [0.717, 1.165) is 24.1 Å². The topological polar surface area (TPSA) is 86.9 Å². The second kappa shape index (κ2) is 7.74. The third-order valence-electron chi connectivity index (χ3n) is 4.61. The maximum absolute atomic E-state index is 12.0. The van der Waals surface area contributed by atoms with E-state index >= 15 is 0 Å². The van der Waals surface area contributed by atoms with Crippen LogP contribution in [0.3, 0.4) is 0 Å². The lowest BCUT2D eigenvalue weighted by atomic mass is 9.90. The number of rotatable bonds is 6. The number of esters is 1. The second-order valence-electron chi connectivity index (χ2n) is 6.14. The number of methoxy groups -OCH3 is 3. The van der Waals surface area contributed by atoms with Gasteiger partial charge in [-0.2, -0.15) is 0 Å². The molecule has 2 aromatic rings. The smallest absolute Gasteiger partial charge is 0.307 e. The van der Waals surface area contributed by atoms with Gasteiger partial charge in [-0.1, -0.05) is 0 Å². The number of aromatic nitrogens is 2. The van der Waals surface area contributed by atoms with Crippen molar-refractivity contribution in [1.29, 1.82) is 0 Å². The first kappa shape index (κ1) is 18.2. The fourth-order valence-corrected chi connectivity index (χ4v) is 3.32. The van der Waals surface area contributed by atoms with Crippen molar-refractivity contribution in [2.45, 2.75) is 32.4 Å². The van der Waals surface area contributed by atoms with Gasteiger partial charge in [0, 0.05) is 19.5 Å². The zero-order valence-electron chi connectivity index (χ0n) is 15.4. The molecular formula is C18H23N3O5. The van der Waals surface area contributed by atoms with Crippen LogP contribution in [-0.2, 0) is 22.5 Å². The molecule has 0 saturated carbocycles. The first-order valence-electron chi connectivity index (χ1n) is 8.40. The Kier molecular flexibility index (Phi) is 5.41. The van der Waals surface area contributed by atoms with Gasteiger partial charge in [0.05, 0.1) is 34.3 Å². The summed E-state index contributed by atoms with van der Waals surface area (Å²) in [5.74, 6) is 2.10. The molecule has 0 saturated heterocycles. The van der Waals surface area contributed by atoms with Gasteiger partial charge < -0.3 is 18.6 Å². The lowest BCUT2D eigenvalue weighted by Crippen LogP contribution is -2.36. The first-order valence-corrected chi connectivity index (χ1v) is 8.40. The Bertz CT molecular complexity index is 789. The van der Waals surface area contributed by atoms with Crippen molar-refractivity contribution >= 4 is 5.97 Å². The number of aryl methyl sites for hydroxylation is 1. The minimum Gasteiger partial charge on any atom is -0.493 e. The van der Waals surface area contributed by atoms with Crippen LogP contribution in [0.15, 0.2) is 16.5 Å². The third kappa shape index (κ3) is 3.65. The van der Waals surface area contributed by atoms with Gasteiger partial charge in [0.1, 0.15) is 0 Å². The summed E-state index contributed by atoms with van der Waals surface area (Å²) in [6.07, 6.45) is 1.05. The van der Waals surface area contributed by atoms with Crippen LogP contribution in [0.5, 0.6) is 11.5 Å². The molecule has 0 unspecified atom stereocenters. The molecular weight excluding hydrogens is 338 g/mol. The Balaban J connectivity index is 1.96. The molecule has 1 aromatic carbocycles. The highest BCUT2D eigenvalue weighted by Gasteiger charge is 2.32. The average molecular weight is 361 g/mol. The molecule has 1 aromatic heterocycles. The van der Waals surface area contributed by atoms with Crippen molar-refractivity contribution < 1.29 is 23.4 Å². The van der Waals surface area contributed by atoms with Gasteiger partial charge in [0.2, 0.25) is 11.8 Å². The minimum absolute atomic E-state index is 0.168. The lowest BCUT2D eigenvalue weighted by molar-refractivity contribution is -0.142. The van der Waals surface area contributed by atoms with Crippen LogP contribution in [0.1, 0.15) is 35.4 Å². The van der Waals surface area contributed by atoms with Crippen molar-refractivity contribution in [2.75, 3.05) is 27.9 Å². The van der Waals surface area contributed by atoms with Crippen molar-refractivity contribution in [1.82, 2.24) is 15.1 Å². The molecule has 0 bridgehead atoms. The Morgan fingerprint density at radius 3 is 2.58 bits per heavy atom. The molecule has 8 heteroatoms. The number of nitrogens with zero attached hydrogens (tertiary/aromatic N) is 3. The Hall–Kier alpha value is -2.61. The second-order valence-corrected chi connectivity index (χ2v) is 6.14. The normalized spacial score (nSPS) is 16.8. The van der Waals surface area contributed by atoms with Crippen LogP contribution in [0.4, 0.5) is 0 Å². The van der Waals surface area contributed by atoms with Crippen molar-refractivity contribution in [3.63, 3.8) is 0 Å². The largest absolute Gasteiger partial charge is 0.493 e. The SMILES string of the molecule is COC(=O)C[C@@H]1c2cc(OC)c(OC)cc2CCN1Cc1nnc(C)o1. The zero-order valence-corrected chi connectivity index (χ0v) is 15.4. The Labute approximate surface area is 152 Å². The number of hydrogen-bond acceptors (Lipinski definition) is 8. The summed E-state index contributed by atoms with van der Waals surface area (Å²) in [4.78, 5) is 14.2. The number of ether oxygens (including phenoxy) is 3. The highest BCUT2D eigenvalue weighted by molar-refractivity contribution is 5.70. The van der Waals surface area contributed by atoms with E-state index in [1.165, 1.54) is 7.11 Å². The summed E-state index contributed by atoms with van der Waals surface area (Å²) in [6.45, 7) is 2.98. The van der Waals surface area contributed by atoms with Crippen LogP contribution in [-0.4, -0.2) is 48.9 Å². The summed E-state index contributed by atoms with van der Waals surface area (Å²) in [5, 5.41) is 7.95. The number of fused-ring (bicyclic) bond motifs is 1. The Morgan fingerprint density at radius 1 is 1.23 bits per heavy atom. The molecule has 3 rings (SSSR count). The van der Waals surface area contributed by atoms with Crippen LogP contribution in [0.25, 0.3) is 0 Å². The standard InChI is InChI=1S/C18H23N3O5/c1-11-19-20-17(26-11)10-21-6-5-12-7-15(23-2)16(24-3)8-13(12)14(21)9-18(22)25-4/h7-8,14H,5-6,9-10H2,1-4H3/t14-/m1/s1. The number of carbonyl (C=O) groups excluding carboxylic acids is 1. The highest BCUT2D eigenvalue weighted by Crippen LogP contribution is 2.40. The van der Waals surface area contributed by atoms with Crippen molar-refractivity contribution in [2.24, 2.45) is 0 Å². The van der Waals surface area contributed by atoms with Crippen LogP contribution in [0.2, 0.25) is 0 Å². The van der Waals surface area contributed by atoms with Gasteiger partial charge in [0.25, 0.3) is 0 Å². The molecule has 0 N–H and O–H groups in total. The average Bonchev–Trinajstić information content (AvgIpc) is 3.06. The van der Waals surface area contributed by atoms with E-state index in [4.69, 9.17) is 18.6 Å². The van der Waals surface area contributed by atoms with E-state index in [-0.39, 0.29) is 18.4 Å². The summed E-state index contributed by atoms with van der Waals surface area (Å²) in [7, 11) is 4.61. The van der Waals surface area contributed by atoms with Gasteiger partial charge in [-0.3, -0.25) is 9.69 Å². The zero-order chi connectivity index (χ0) is 18.7. The molecule has 0 fully saturated rings. The molecule has 1 aliphatic heterocycles. The van der Waals surface area contributed by atoms with E-state index in [2.05, 4.69) is 15.1 Å². The number of benzene rings is 1. The minimum atomic E-state index is -0.274. The number of hydrogen-bond donors (Lipinski definition) is 0. The fraction of sp³-hybridized carbons (Fsp3) is 0.500. The fourth-order valence-electron chi connectivity index (χ4n) is 3.32. The molecule has 0 spiro atoms. The maximum Gasteiger partial charge on any atom is 0.307 e. The van der Waals surface area contributed by atoms with Gasteiger partial charge in [-0.25, -0.2) is 0 Å². The summed E-state index contributed by atoms with van der Waals surface area (Å²) >= 11 is 0. The number of carbonyl (C=O) groups is 1. The molecule has 0 aliphatic carbocycles. The molecule has 0 radical (unpaired) electrons. The summed E-state index contributed by atoms with van der Waals surface area (Å²) < 4.78 is 21.2. The predicted molar refractivity (Wildman–Crippen MR) is 92.1 cm³/mol. The molecule has 1 aliphatic rings. The van der Waals surface area contributed by atoms with Gasteiger partial charge in [0.15, 0.2) is 11.5 Å². The third-order valence-corrected chi connectivity index (χ3v) is 4.61. The van der Waals surface area contributed by atoms with E-state index < -0.39 is 0 Å². The molecule has 26 heavy (non-hydrogen) atoms. The molecule has 1 atom stereocenters. The summed E-state index contributed by atoms with van der Waals surface area (Å²) in [5.41, 5.74) is 2.16. The van der Waals surface area contributed by atoms with Crippen LogP contribution in [0, 0.1) is 6.92 Å². The van der Waals surface area contributed by atoms with E-state index in [1.807, 2.05) is 12.1 Å². The van der Waals surface area contributed by atoms with Crippen LogP contribution < -0.4 is 9.47 Å². The van der Waals surface area contributed by atoms with Gasteiger partial charge in [-0.15, -0.1) is 10.2 Å². The molecule has 140 valence electrons. The van der Waals surface area contributed by atoms with E-state index in [0.29, 0.717) is 29.8 Å². The van der Waals surface area contributed by atoms with Crippen molar-refractivity contribution in [3.8, 4) is 11.5 Å². The molecule has 2 heterocycles. The summed E-state index contributed by atoms with van der Waals surface area (Å²) in [6, 6.07) is 3.75. The first-order chi connectivity index (χ1) is 12.5. The molecule has 8 nitrogen and oxygen atoms in total. The van der Waals surface area contributed by atoms with Gasteiger partial charge >= 0.3 is 5.97 Å². The van der Waals surface area contributed by atoms with Gasteiger partial charge in [-0.05, 0) is 29.7 Å². The lowest BCUT2D eigenvalue weighted by Gasteiger charge is -2.36. The monoisotopic (exact) mass is 361 g/mol. The quantitative estimate of drug-likeness (QED) is 0.723.